The molecule has 0 bridgehead atoms. The van der Waals surface area contributed by atoms with Crippen molar-refractivity contribution in [3.05, 3.63) is 29.3 Å². The second kappa shape index (κ2) is 4.26. The molecule has 0 radical (unpaired) electrons. The predicted octanol–water partition coefficient (Wildman–Crippen LogP) is 1.28. The molecule has 1 aromatic rings. The zero-order chi connectivity index (χ0) is 10.7. The van der Waals surface area contributed by atoms with Gasteiger partial charge in [0.2, 0.25) is 0 Å². The lowest BCUT2D eigenvalue weighted by molar-refractivity contribution is 1.30. The van der Waals surface area contributed by atoms with Gasteiger partial charge in [-0.05, 0) is 30.4 Å². The second-order valence-corrected chi connectivity index (χ2v) is 3.39. The van der Waals surface area contributed by atoms with Crippen LogP contribution in [-0.2, 0) is 0 Å². The molecule has 14 heavy (non-hydrogen) atoms. The van der Waals surface area contributed by atoms with Crippen molar-refractivity contribution < 1.29 is 0 Å². The Hall–Kier alpha value is -1.33. The molecule has 0 aliphatic carbocycles. The van der Waals surface area contributed by atoms with Crippen molar-refractivity contribution in [2.24, 2.45) is 11.5 Å². The number of nitrogens with zero attached hydrogens (tertiary/aromatic N) is 1. The number of thiocarbonyl (C=S) groups is 1. The maximum absolute atomic E-state index is 7.28. The van der Waals surface area contributed by atoms with E-state index in [1.807, 2.05) is 0 Å². The molecule has 0 saturated heterocycles. The number of halogens is 1. The van der Waals surface area contributed by atoms with Crippen LogP contribution in [0.15, 0.2) is 24.3 Å². The molecule has 0 spiro atoms. The summed E-state index contributed by atoms with van der Waals surface area (Å²) in [6.07, 6.45) is 0. The number of benzene rings is 1. The van der Waals surface area contributed by atoms with Crippen molar-refractivity contribution in [1.29, 1.82) is 5.41 Å². The van der Waals surface area contributed by atoms with Gasteiger partial charge in [0, 0.05) is 5.02 Å². The summed E-state index contributed by atoms with van der Waals surface area (Å²) in [5.74, 6) is -0.236. The SMILES string of the molecule is N=C(N)N(C(N)=S)c1cccc(Cl)c1. The van der Waals surface area contributed by atoms with Gasteiger partial charge in [-0.1, -0.05) is 17.7 Å². The first-order chi connectivity index (χ1) is 6.52. The molecule has 0 unspecified atom stereocenters. The van der Waals surface area contributed by atoms with E-state index >= 15 is 0 Å². The standard InChI is InChI=1S/C8H9ClN4S/c9-5-2-1-3-6(4-5)13(7(10)11)8(12)14/h1-4H,(H3,10,11)(H2,12,14). The van der Waals surface area contributed by atoms with Crippen LogP contribution in [0.4, 0.5) is 5.69 Å². The molecule has 1 rings (SSSR count). The third kappa shape index (κ3) is 2.34. The third-order valence-electron chi connectivity index (χ3n) is 1.53. The molecule has 4 nitrogen and oxygen atoms in total. The summed E-state index contributed by atoms with van der Waals surface area (Å²) >= 11 is 10.5. The number of hydrogen-bond donors (Lipinski definition) is 3. The zero-order valence-corrected chi connectivity index (χ0v) is 8.77. The summed E-state index contributed by atoms with van der Waals surface area (Å²) in [6.45, 7) is 0. The van der Waals surface area contributed by atoms with Gasteiger partial charge in [0.15, 0.2) is 11.1 Å². The maximum Gasteiger partial charge on any atom is 0.199 e. The highest BCUT2D eigenvalue weighted by atomic mass is 35.5. The summed E-state index contributed by atoms with van der Waals surface area (Å²) in [4.78, 5) is 1.22. The highest BCUT2D eigenvalue weighted by Crippen LogP contribution is 2.18. The Bertz CT molecular complexity index is 365. The van der Waals surface area contributed by atoms with E-state index in [4.69, 9.17) is 40.7 Å². The molecule has 0 saturated carbocycles. The van der Waals surface area contributed by atoms with Gasteiger partial charge in [-0.3, -0.25) is 10.3 Å². The van der Waals surface area contributed by atoms with Gasteiger partial charge in [-0.2, -0.15) is 0 Å². The Kier molecular flexibility index (Phi) is 3.27. The lowest BCUT2D eigenvalue weighted by Gasteiger charge is -2.20. The molecular formula is C8H9ClN4S. The molecule has 0 amide bonds. The molecule has 1 aromatic carbocycles. The fourth-order valence-electron chi connectivity index (χ4n) is 1.00. The zero-order valence-electron chi connectivity index (χ0n) is 7.20. The molecule has 5 N–H and O–H groups in total. The minimum Gasteiger partial charge on any atom is -0.376 e. The van der Waals surface area contributed by atoms with Crippen molar-refractivity contribution in [2.45, 2.75) is 0 Å². The Balaban J connectivity index is 3.12. The van der Waals surface area contributed by atoms with Gasteiger partial charge in [0.05, 0.1) is 5.69 Å². The summed E-state index contributed by atoms with van der Waals surface area (Å²) in [5, 5.41) is 7.83. The van der Waals surface area contributed by atoms with Crippen molar-refractivity contribution in [2.75, 3.05) is 4.90 Å². The quantitative estimate of drug-likeness (QED) is 0.384. The molecule has 0 heterocycles. The average Bonchev–Trinajstić information content (AvgIpc) is 2.02. The fraction of sp³-hybridized carbons (Fsp3) is 0. The van der Waals surface area contributed by atoms with Gasteiger partial charge in [-0.15, -0.1) is 0 Å². The number of rotatable bonds is 1. The molecule has 74 valence electrons. The minimum absolute atomic E-state index is 0.0137. The van der Waals surface area contributed by atoms with Gasteiger partial charge >= 0.3 is 0 Å². The Morgan fingerprint density at radius 3 is 2.50 bits per heavy atom. The van der Waals surface area contributed by atoms with Crippen LogP contribution in [0, 0.1) is 5.41 Å². The van der Waals surface area contributed by atoms with Crippen LogP contribution in [0.1, 0.15) is 0 Å². The van der Waals surface area contributed by atoms with Crippen LogP contribution < -0.4 is 16.4 Å². The van der Waals surface area contributed by atoms with E-state index in [9.17, 15) is 0 Å². The molecule has 0 fully saturated rings. The topological polar surface area (TPSA) is 79.1 Å². The van der Waals surface area contributed by atoms with Gasteiger partial charge in [0.1, 0.15) is 0 Å². The molecule has 0 aliphatic heterocycles. The van der Waals surface area contributed by atoms with Crippen molar-refractivity contribution in [1.82, 2.24) is 0 Å². The number of nitrogens with two attached hydrogens (primary N) is 2. The molecule has 0 aromatic heterocycles. The van der Waals surface area contributed by atoms with E-state index in [-0.39, 0.29) is 11.1 Å². The molecule has 0 aliphatic rings. The highest BCUT2D eigenvalue weighted by molar-refractivity contribution is 7.80. The van der Waals surface area contributed by atoms with Gasteiger partial charge in [0.25, 0.3) is 0 Å². The normalized spacial score (nSPS) is 9.50. The first-order valence-corrected chi connectivity index (χ1v) is 4.50. The number of hydrogen-bond acceptors (Lipinski definition) is 2. The summed E-state index contributed by atoms with van der Waals surface area (Å²) in [7, 11) is 0. The van der Waals surface area contributed by atoms with Crippen LogP contribution in [-0.4, -0.2) is 11.1 Å². The Labute approximate surface area is 91.9 Å². The van der Waals surface area contributed by atoms with E-state index in [0.717, 1.165) is 0 Å². The predicted molar refractivity (Wildman–Crippen MR) is 62.6 cm³/mol. The van der Waals surface area contributed by atoms with E-state index in [0.29, 0.717) is 10.7 Å². The molecular weight excluding hydrogens is 220 g/mol. The second-order valence-electron chi connectivity index (χ2n) is 2.54. The van der Waals surface area contributed by atoms with Crippen LogP contribution in [0.25, 0.3) is 0 Å². The Morgan fingerprint density at radius 1 is 1.43 bits per heavy atom. The van der Waals surface area contributed by atoms with Crippen LogP contribution in [0.3, 0.4) is 0 Å². The lowest BCUT2D eigenvalue weighted by atomic mass is 10.3. The molecule has 6 heteroatoms. The minimum atomic E-state index is -0.236. The largest absolute Gasteiger partial charge is 0.376 e. The first-order valence-electron chi connectivity index (χ1n) is 3.71. The summed E-state index contributed by atoms with van der Waals surface area (Å²) < 4.78 is 0. The summed E-state index contributed by atoms with van der Waals surface area (Å²) in [6, 6.07) is 6.78. The van der Waals surface area contributed by atoms with Crippen molar-refractivity contribution >= 4 is 40.6 Å². The number of anilines is 1. The first kappa shape index (κ1) is 10.7. The van der Waals surface area contributed by atoms with Gasteiger partial charge < -0.3 is 11.5 Å². The average molecular weight is 229 g/mol. The monoisotopic (exact) mass is 228 g/mol. The van der Waals surface area contributed by atoms with Crippen LogP contribution in [0.5, 0.6) is 0 Å². The van der Waals surface area contributed by atoms with Crippen LogP contribution in [0.2, 0.25) is 5.02 Å². The van der Waals surface area contributed by atoms with E-state index in [2.05, 4.69) is 0 Å². The highest BCUT2D eigenvalue weighted by Gasteiger charge is 2.12. The van der Waals surface area contributed by atoms with Crippen LogP contribution >= 0.6 is 23.8 Å². The van der Waals surface area contributed by atoms with Crippen molar-refractivity contribution in [3.63, 3.8) is 0 Å². The van der Waals surface area contributed by atoms with E-state index in [1.54, 1.807) is 24.3 Å². The van der Waals surface area contributed by atoms with E-state index < -0.39 is 0 Å². The molecule has 0 atom stereocenters. The maximum atomic E-state index is 7.28. The van der Waals surface area contributed by atoms with Gasteiger partial charge in [-0.25, -0.2) is 0 Å². The summed E-state index contributed by atoms with van der Waals surface area (Å²) in [5.41, 5.74) is 11.3. The number of guanidine groups is 1. The smallest absolute Gasteiger partial charge is 0.199 e. The van der Waals surface area contributed by atoms with Crippen molar-refractivity contribution in [3.8, 4) is 0 Å². The lowest BCUT2D eigenvalue weighted by Crippen LogP contribution is -2.44. The van der Waals surface area contributed by atoms with E-state index in [1.165, 1.54) is 4.90 Å². The third-order valence-corrected chi connectivity index (χ3v) is 1.95. The fourth-order valence-corrected chi connectivity index (χ4v) is 1.39. The Morgan fingerprint density at radius 2 is 2.07 bits per heavy atom. The number of nitrogens with one attached hydrogen (secondary N) is 1.